The summed E-state index contributed by atoms with van der Waals surface area (Å²) < 4.78 is 0. The normalized spacial score (nSPS) is 10.6. The third-order valence-electron chi connectivity index (χ3n) is 2.38. The van der Waals surface area contributed by atoms with Gasteiger partial charge in [-0.2, -0.15) is 0 Å². The number of nitrogens with zero attached hydrogens (tertiary/aromatic N) is 2. The molecule has 0 unspecified atom stereocenters. The van der Waals surface area contributed by atoms with E-state index in [0.29, 0.717) is 0 Å². The highest BCUT2D eigenvalue weighted by Crippen LogP contribution is 2.13. The fourth-order valence-electron chi connectivity index (χ4n) is 1.53. The molecule has 0 saturated heterocycles. The monoisotopic (exact) mass is 376 g/mol. The molecule has 0 atom stereocenters. The van der Waals surface area contributed by atoms with E-state index in [4.69, 9.17) is 5.73 Å². The molecule has 5 nitrogen and oxygen atoms in total. The number of halogens is 1. The Balaban J connectivity index is 0.00000324. The van der Waals surface area contributed by atoms with Crippen molar-refractivity contribution in [3.05, 3.63) is 29.3 Å². The first-order valence-electron chi connectivity index (χ1n) is 5.74. The lowest BCUT2D eigenvalue weighted by Gasteiger charge is -2.10. The number of amides is 1. The first-order valence-corrected chi connectivity index (χ1v) is 5.74. The highest BCUT2D eigenvalue weighted by molar-refractivity contribution is 14.0. The van der Waals surface area contributed by atoms with Gasteiger partial charge < -0.3 is 16.0 Å². The second-order valence-electron chi connectivity index (χ2n) is 4.49. The van der Waals surface area contributed by atoms with E-state index in [1.54, 1.807) is 14.1 Å². The predicted molar refractivity (Wildman–Crippen MR) is 90.1 cm³/mol. The van der Waals surface area contributed by atoms with Crippen LogP contribution >= 0.6 is 24.0 Å². The third-order valence-corrected chi connectivity index (χ3v) is 2.38. The van der Waals surface area contributed by atoms with Crippen LogP contribution in [0.25, 0.3) is 0 Å². The van der Waals surface area contributed by atoms with Crippen molar-refractivity contribution in [3.8, 4) is 0 Å². The molecule has 0 heterocycles. The fourth-order valence-corrected chi connectivity index (χ4v) is 1.53. The maximum atomic E-state index is 11.3. The Labute approximate surface area is 131 Å². The SMILES string of the molecule is Cc1cc(C)cc(NC(N)=NCC(=O)N(C)C)c1.I. The fraction of sp³-hybridized carbons (Fsp3) is 0.385. The van der Waals surface area contributed by atoms with Crippen molar-refractivity contribution >= 4 is 41.5 Å². The molecule has 1 amide bonds. The number of benzene rings is 1. The number of aliphatic imine (C=N–C) groups is 1. The molecule has 19 heavy (non-hydrogen) atoms. The number of rotatable bonds is 3. The molecule has 0 aliphatic heterocycles. The molecule has 1 aromatic carbocycles. The number of carbonyl (C=O) groups is 1. The first-order chi connectivity index (χ1) is 8.38. The van der Waals surface area contributed by atoms with Crippen LogP contribution in [0.4, 0.5) is 5.69 Å². The maximum Gasteiger partial charge on any atom is 0.243 e. The molecule has 0 spiro atoms. The lowest BCUT2D eigenvalue weighted by molar-refractivity contribution is -0.127. The second kappa shape index (κ2) is 7.98. The Kier molecular flexibility index (Phi) is 7.43. The van der Waals surface area contributed by atoms with Gasteiger partial charge >= 0.3 is 0 Å². The molecule has 1 aromatic rings. The number of hydrogen-bond acceptors (Lipinski definition) is 2. The molecule has 0 aliphatic carbocycles. The van der Waals surface area contributed by atoms with E-state index in [1.807, 2.05) is 26.0 Å². The smallest absolute Gasteiger partial charge is 0.243 e. The van der Waals surface area contributed by atoms with Crippen molar-refractivity contribution in [1.29, 1.82) is 0 Å². The minimum absolute atomic E-state index is 0. The third kappa shape index (κ3) is 6.42. The molecule has 0 bridgehead atoms. The predicted octanol–water partition coefficient (Wildman–Crippen LogP) is 1.74. The highest BCUT2D eigenvalue weighted by Gasteiger charge is 2.03. The Hall–Kier alpha value is -1.31. The Morgan fingerprint density at radius 2 is 1.79 bits per heavy atom. The maximum absolute atomic E-state index is 11.3. The Bertz CT molecular complexity index is 451. The topological polar surface area (TPSA) is 70.7 Å². The minimum atomic E-state index is -0.0832. The average Bonchev–Trinajstić information content (AvgIpc) is 2.24. The molecule has 106 valence electrons. The summed E-state index contributed by atoms with van der Waals surface area (Å²) in [6.45, 7) is 4.08. The summed E-state index contributed by atoms with van der Waals surface area (Å²) >= 11 is 0. The second-order valence-corrected chi connectivity index (χ2v) is 4.49. The van der Waals surface area contributed by atoms with Gasteiger partial charge in [-0.3, -0.25) is 4.79 Å². The van der Waals surface area contributed by atoms with Crippen LogP contribution in [0.15, 0.2) is 23.2 Å². The molecule has 0 aliphatic rings. The summed E-state index contributed by atoms with van der Waals surface area (Å²) in [5, 5.41) is 2.97. The number of likely N-dealkylation sites (N-methyl/N-ethyl adjacent to an activating group) is 1. The van der Waals surface area contributed by atoms with Gasteiger partial charge in [0.25, 0.3) is 0 Å². The Morgan fingerprint density at radius 3 is 2.26 bits per heavy atom. The highest BCUT2D eigenvalue weighted by atomic mass is 127. The van der Waals surface area contributed by atoms with Crippen molar-refractivity contribution in [2.45, 2.75) is 13.8 Å². The van der Waals surface area contributed by atoms with Crippen LogP contribution in [0.3, 0.4) is 0 Å². The van der Waals surface area contributed by atoms with E-state index >= 15 is 0 Å². The number of aryl methyl sites for hydroxylation is 2. The lowest BCUT2D eigenvalue weighted by atomic mass is 10.1. The van der Waals surface area contributed by atoms with E-state index in [2.05, 4.69) is 16.4 Å². The van der Waals surface area contributed by atoms with Crippen molar-refractivity contribution in [2.24, 2.45) is 10.7 Å². The van der Waals surface area contributed by atoms with Gasteiger partial charge in [0.05, 0.1) is 0 Å². The number of hydrogen-bond donors (Lipinski definition) is 2. The number of anilines is 1. The molecule has 1 rings (SSSR count). The van der Waals surface area contributed by atoms with Crippen molar-refractivity contribution in [2.75, 3.05) is 26.0 Å². The number of carbonyl (C=O) groups excluding carboxylic acids is 1. The number of nitrogens with one attached hydrogen (secondary N) is 1. The molecule has 0 fully saturated rings. The van der Waals surface area contributed by atoms with Crippen LogP contribution in [-0.2, 0) is 4.79 Å². The van der Waals surface area contributed by atoms with E-state index in [-0.39, 0.29) is 42.4 Å². The van der Waals surface area contributed by atoms with Gasteiger partial charge in [-0.15, -0.1) is 24.0 Å². The van der Waals surface area contributed by atoms with E-state index in [9.17, 15) is 4.79 Å². The van der Waals surface area contributed by atoms with Crippen LogP contribution in [0.5, 0.6) is 0 Å². The number of nitrogens with two attached hydrogens (primary N) is 1. The van der Waals surface area contributed by atoms with Gasteiger partial charge in [-0.05, 0) is 37.1 Å². The molecular weight excluding hydrogens is 355 g/mol. The largest absolute Gasteiger partial charge is 0.370 e. The van der Waals surface area contributed by atoms with Gasteiger partial charge in [0.2, 0.25) is 5.91 Å². The summed E-state index contributed by atoms with van der Waals surface area (Å²) in [5.41, 5.74) is 8.90. The molecule has 3 N–H and O–H groups in total. The van der Waals surface area contributed by atoms with Gasteiger partial charge in [-0.25, -0.2) is 4.99 Å². The first kappa shape index (κ1) is 17.7. The quantitative estimate of drug-likeness (QED) is 0.480. The van der Waals surface area contributed by atoms with Gasteiger partial charge in [0.1, 0.15) is 6.54 Å². The van der Waals surface area contributed by atoms with Crippen LogP contribution in [0.1, 0.15) is 11.1 Å². The van der Waals surface area contributed by atoms with E-state index in [1.165, 1.54) is 4.90 Å². The molecular formula is C13H21IN4O. The molecule has 6 heteroatoms. The van der Waals surface area contributed by atoms with Crippen LogP contribution in [0.2, 0.25) is 0 Å². The van der Waals surface area contributed by atoms with Crippen molar-refractivity contribution in [3.63, 3.8) is 0 Å². The lowest BCUT2D eigenvalue weighted by Crippen LogP contribution is -2.28. The summed E-state index contributed by atoms with van der Waals surface area (Å²) in [7, 11) is 3.37. The summed E-state index contributed by atoms with van der Waals surface area (Å²) in [5.74, 6) is 0.162. The van der Waals surface area contributed by atoms with Gasteiger partial charge in [0, 0.05) is 19.8 Å². The molecule has 0 aromatic heterocycles. The molecule has 0 radical (unpaired) electrons. The zero-order valence-electron chi connectivity index (χ0n) is 11.7. The summed E-state index contributed by atoms with van der Waals surface area (Å²) in [4.78, 5) is 16.8. The average molecular weight is 376 g/mol. The molecule has 0 saturated carbocycles. The zero-order valence-corrected chi connectivity index (χ0v) is 14.1. The van der Waals surface area contributed by atoms with E-state index in [0.717, 1.165) is 16.8 Å². The zero-order chi connectivity index (χ0) is 13.7. The summed E-state index contributed by atoms with van der Waals surface area (Å²) in [6.07, 6.45) is 0. The summed E-state index contributed by atoms with van der Waals surface area (Å²) in [6, 6.07) is 6.03. The minimum Gasteiger partial charge on any atom is -0.370 e. The van der Waals surface area contributed by atoms with E-state index < -0.39 is 0 Å². The Morgan fingerprint density at radius 1 is 1.26 bits per heavy atom. The van der Waals surface area contributed by atoms with Crippen LogP contribution < -0.4 is 11.1 Å². The van der Waals surface area contributed by atoms with Crippen LogP contribution in [-0.4, -0.2) is 37.4 Å². The van der Waals surface area contributed by atoms with Crippen molar-refractivity contribution < 1.29 is 4.79 Å². The standard InChI is InChI=1S/C13H20N4O.HI/c1-9-5-10(2)7-11(6-9)16-13(14)15-8-12(18)17(3)4;/h5-7H,8H2,1-4H3,(H3,14,15,16);1H. The van der Waals surface area contributed by atoms with Gasteiger partial charge in [-0.1, -0.05) is 6.07 Å². The number of guanidine groups is 1. The van der Waals surface area contributed by atoms with Gasteiger partial charge in [0.15, 0.2) is 5.96 Å². The van der Waals surface area contributed by atoms with Crippen LogP contribution in [0, 0.1) is 13.8 Å². The van der Waals surface area contributed by atoms with Crippen molar-refractivity contribution in [1.82, 2.24) is 4.90 Å².